The highest BCUT2D eigenvalue weighted by Gasteiger charge is 2.20. The van der Waals surface area contributed by atoms with Gasteiger partial charge in [-0.1, -0.05) is 0 Å². The second-order valence-corrected chi connectivity index (χ2v) is 2.04. The summed E-state index contributed by atoms with van der Waals surface area (Å²) in [4.78, 5) is 12.1. The van der Waals surface area contributed by atoms with Gasteiger partial charge < -0.3 is 14.7 Å². The molecule has 1 aliphatic rings. The minimum atomic E-state index is -0.798. The van der Waals surface area contributed by atoms with Crippen LogP contribution in [0.5, 0.6) is 0 Å². The number of hydrogen-bond donors (Lipinski definition) is 1. The zero-order valence-electron chi connectivity index (χ0n) is 5.20. The van der Waals surface area contributed by atoms with Gasteiger partial charge in [0, 0.05) is 7.05 Å². The molecule has 0 radical (unpaired) electrons. The van der Waals surface area contributed by atoms with Crippen molar-refractivity contribution in [2.75, 3.05) is 20.2 Å². The second-order valence-electron chi connectivity index (χ2n) is 2.04. The number of carbonyl (C=O) groups is 1. The number of aliphatic hydroxyl groups is 1. The molecular weight excluding hydrogens is 122 g/mol. The van der Waals surface area contributed by atoms with Gasteiger partial charge in [0.05, 0.1) is 6.54 Å². The maximum absolute atomic E-state index is 10.6. The van der Waals surface area contributed by atoms with Crippen LogP contribution in [0.4, 0.5) is 0 Å². The van der Waals surface area contributed by atoms with Crippen LogP contribution in [0.25, 0.3) is 0 Å². The van der Waals surface area contributed by atoms with Gasteiger partial charge in [0.15, 0.2) is 6.29 Å². The molecule has 1 heterocycles. The molecule has 52 valence electrons. The molecule has 1 N–H and O–H groups in total. The van der Waals surface area contributed by atoms with E-state index in [0.29, 0.717) is 0 Å². The predicted molar refractivity (Wildman–Crippen MR) is 29.6 cm³/mol. The summed E-state index contributed by atoms with van der Waals surface area (Å²) in [5.74, 6) is -0.0831. The first-order valence-electron chi connectivity index (χ1n) is 2.74. The first-order chi connectivity index (χ1) is 4.20. The smallest absolute Gasteiger partial charge is 0.248 e. The number of nitrogens with zero attached hydrogens (tertiary/aromatic N) is 1. The van der Waals surface area contributed by atoms with Crippen molar-refractivity contribution in [3.8, 4) is 0 Å². The van der Waals surface area contributed by atoms with Crippen LogP contribution in [-0.4, -0.2) is 42.4 Å². The first-order valence-corrected chi connectivity index (χ1v) is 2.74. The number of ether oxygens (including phenoxy) is 1. The predicted octanol–water partition coefficient (Wildman–Crippen LogP) is -1.21. The van der Waals surface area contributed by atoms with Crippen molar-refractivity contribution >= 4 is 5.91 Å². The summed E-state index contributed by atoms with van der Waals surface area (Å²) in [6.07, 6.45) is -0.798. The van der Waals surface area contributed by atoms with Gasteiger partial charge in [0.2, 0.25) is 5.91 Å². The average molecular weight is 131 g/mol. The van der Waals surface area contributed by atoms with Gasteiger partial charge >= 0.3 is 0 Å². The first kappa shape index (κ1) is 6.51. The standard InChI is InChI=1S/C5H9NO3/c1-6-2-5(8)9-3-4(6)7/h5,8H,2-3H2,1H3. The van der Waals surface area contributed by atoms with Gasteiger partial charge in [-0.2, -0.15) is 0 Å². The Morgan fingerprint density at radius 3 is 3.00 bits per heavy atom. The lowest BCUT2D eigenvalue weighted by atomic mass is 10.4. The summed E-state index contributed by atoms with van der Waals surface area (Å²) in [5.41, 5.74) is 0. The third-order valence-electron chi connectivity index (χ3n) is 1.25. The third-order valence-corrected chi connectivity index (χ3v) is 1.25. The van der Waals surface area contributed by atoms with Gasteiger partial charge in [-0.15, -0.1) is 0 Å². The molecule has 0 saturated carbocycles. The second kappa shape index (κ2) is 2.33. The average Bonchev–Trinajstić information content (AvgIpc) is 1.80. The van der Waals surface area contributed by atoms with Crippen LogP contribution in [-0.2, 0) is 9.53 Å². The fraction of sp³-hybridized carbons (Fsp3) is 0.800. The van der Waals surface area contributed by atoms with Crippen molar-refractivity contribution in [2.24, 2.45) is 0 Å². The lowest BCUT2D eigenvalue weighted by Crippen LogP contribution is -2.44. The molecule has 1 amide bonds. The molecule has 4 heteroatoms. The van der Waals surface area contributed by atoms with Crippen LogP contribution in [0.2, 0.25) is 0 Å². The molecule has 1 fully saturated rings. The lowest BCUT2D eigenvalue weighted by molar-refractivity contribution is -0.172. The molecule has 1 rings (SSSR count). The molecule has 1 aliphatic heterocycles. The van der Waals surface area contributed by atoms with E-state index in [9.17, 15) is 4.79 Å². The monoisotopic (exact) mass is 131 g/mol. The summed E-state index contributed by atoms with van der Waals surface area (Å²) in [5, 5.41) is 8.78. The number of hydrogen-bond acceptors (Lipinski definition) is 3. The largest absolute Gasteiger partial charge is 0.366 e. The van der Waals surface area contributed by atoms with Crippen molar-refractivity contribution in [2.45, 2.75) is 6.29 Å². The van der Waals surface area contributed by atoms with Crippen molar-refractivity contribution in [3.05, 3.63) is 0 Å². The van der Waals surface area contributed by atoms with E-state index in [2.05, 4.69) is 4.74 Å². The van der Waals surface area contributed by atoms with Crippen molar-refractivity contribution in [3.63, 3.8) is 0 Å². The molecule has 0 spiro atoms. The SMILES string of the molecule is CN1CC(O)OCC1=O. The summed E-state index contributed by atoms with van der Waals surface area (Å²) in [7, 11) is 1.63. The Balaban J connectivity index is 2.44. The Labute approximate surface area is 53.0 Å². The number of aliphatic hydroxyl groups excluding tert-OH is 1. The van der Waals surface area contributed by atoms with Crippen molar-refractivity contribution in [1.82, 2.24) is 4.90 Å². The van der Waals surface area contributed by atoms with Crippen LogP contribution in [0.3, 0.4) is 0 Å². The highest BCUT2D eigenvalue weighted by molar-refractivity contribution is 5.77. The maximum Gasteiger partial charge on any atom is 0.248 e. The Kier molecular flexibility index (Phi) is 1.68. The summed E-state index contributed by atoms with van der Waals surface area (Å²) in [6, 6.07) is 0. The number of β-amino-alcohol motifs (C(OH)–C–C–N with tert-alkyl or cyclic N) is 1. The number of amides is 1. The van der Waals surface area contributed by atoms with Crippen LogP contribution in [0.1, 0.15) is 0 Å². The number of rotatable bonds is 0. The molecule has 4 nitrogen and oxygen atoms in total. The molecule has 0 aromatic heterocycles. The third kappa shape index (κ3) is 1.40. The molecule has 1 saturated heterocycles. The maximum atomic E-state index is 10.6. The van der Waals surface area contributed by atoms with E-state index >= 15 is 0 Å². The van der Waals surface area contributed by atoms with Gasteiger partial charge in [-0.25, -0.2) is 0 Å². The normalized spacial score (nSPS) is 28.9. The van der Waals surface area contributed by atoms with Gasteiger partial charge in [-0.05, 0) is 0 Å². The molecule has 0 bridgehead atoms. The van der Waals surface area contributed by atoms with E-state index in [1.165, 1.54) is 4.90 Å². The molecule has 0 aliphatic carbocycles. The zero-order valence-corrected chi connectivity index (χ0v) is 5.20. The Morgan fingerprint density at radius 1 is 1.89 bits per heavy atom. The van der Waals surface area contributed by atoms with Crippen molar-refractivity contribution in [1.29, 1.82) is 0 Å². The highest BCUT2D eigenvalue weighted by atomic mass is 16.6. The number of likely N-dealkylation sites (N-methyl/N-ethyl adjacent to an activating group) is 1. The number of carbonyl (C=O) groups excluding carboxylic acids is 1. The van der Waals surface area contributed by atoms with Gasteiger partial charge in [-0.3, -0.25) is 4.79 Å². The Hall–Kier alpha value is -0.610. The summed E-state index contributed by atoms with van der Waals surface area (Å²) in [6.45, 7) is 0.274. The number of morpholine rings is 1. The van der Waals surface area contributed by atoms with Gasteiger partial charge in [0.1, 0.15) is 6.61 Å². The van der Waals surface area contributed by atoms with E-state index in [-0.39, 0.29) is 19.1 Å². The minimum absolute atomic E-state index is 0.00231. The molecule has 1 unspecified atom stereocenters. The van der Waals surface area contributed by atoms with Gasteiger partial charge in [0.25, 0.3) is 0 Å². The summed E-state index contributed by atoms with van der Waals surface area (Å²) < 4.78 is 4.62. The quantitative estimate of drug-likeness (QED) is 0.449. The Morgan fingerprint density at radius 2 is 2.56 bits per heavy atom. The van der Waals surface area contributed by atoms with E-state index < -0.39 is 6.29 Å². The summed E-state index contributed by atoms with van der Waals surface area (Å²) >= 11 is 0. The molecule has 9 heavy (non-hydrogen) atoms. The molecular formula is C5H9NO3. The van der Waals surface area contributed by atoms with Crippen LogP contribution >= 0.6 is 0 Å². The molecule has 0 aromatic rings. The molecule has 0 aromatic carbocycles. The zero-order chi connectivity index (χ0) is 6.85. The fourth-order valence-electron chi connectivity index (χ4n) is 0.666. The van der Waals surface area contributed by atoms with Crippen molar-refractivity contribution < 1.29 is 14.6 Å². The lowest BCUT2D eigenvalue weighted by Gasteiger charge is -2.26. The topological polar surface area (TPSA) is 49.8 Å². The Bertz CT molecular complexity index is 125. The molecule has 1 atom stereocenters. The van der Waals surface area contributed by atoms with Crippen LogP contribution in [0.15, 0.2) is 0 Å². The van der Waals surface area contributed by atoms with E-state index in [0.717, 1.165) is 0 Å². The highest BCUT2D eigenvalue weighted by Crippen LogP contribution is 1.99. The van der Waals surface area contributed by atoms with E-state index in [1.54, 1.807) is 7.05 Å². The van der Waals surface area contributed by atoms with E-state index in [1.807, 2.05) is 0 Å². The fourth-order valence-corrected chi connectivity index (χ4v) is 0.666. The van der Waals surface area contributed by atoms with Crippen LogP contribution < -0.4 is 0 Å². The van der Waals surface area contributed by atoms with Crippen LogP contribution in [0, 0.1) is 0 Å². The minimum Gasteiger partial charge on any atom is -0.366 e. The van der Waals surface area contributed by atoms with E-state index in [4.69, 9.17) is 5.11 Å².